The van der Waals surface area contributed by atoms with E-state index in [0.29, 0.717) is 0 Å². The molecule has 1 aromatic rings. The van der Waals surface area contributed by atoms with Crippen LogP contribution in [0.2, 0.25) is 0 Å². The molecule has 0 bridgehead atoms. The van der Waals surface area contributed by atoms with Crippen LogP contribution < -0.4 is 10.5 Å². The van der Waals surface area contributed by atoms with Gasteiger partial charge in [-0.15, -0.1) is 0 Å². The lowest BCUT2D eigenvalue weighted by atomic mass is 10.1. The Kier molecular flexibility index (Phi) is 1.44. The molecule has 0 aromatic heterocycles. The number of ether oxygens (including phenoxy) is 1. The second-order valence-electron chi connectivity index (χ2n) is 3.72. The molecule has 1 aliphatic heterocycles. The lowest BCUT2D eigenvalue weighted by Gasteiger charge is -2.09. The summed E-state index contributed by atoms with van der Waals surface area (Å²) in [6.45, 7) is 0. The number of nitrogens with two attached hydrogens (primary N) is 1. The number of thioether (sulfide) groups is 1. The van der Waals surface area contributed by atoms with Crippen molar-refractivity contribution in [3.63, 3.8) is 0 Å². The number of hydrogen-bond acceptors (Lipinski definition) is 3. The zero-order valence-corrected chi connectivity index (χ0v) is 8.06. The molecule has 1 aromatic carbocycles. The highest BCUT2D eigenvalue weighted by molar-refractivity contribution is 7.99. The Morgan fingerprint density at radius 1 is 1.38 bits per heavy atom. The van der Waals surface area contributed by atoms with E-state index in [4.69, 9.17) is 10.5 Å². The summed E-state index contributed by atoms with van der Waals surface area (Å²) in [6.07, 6.45) is 2.22. The lowest BCUT2D eigenvalue weighted by molar-refractivity contribution is 0.396. The van der Waals surface area contributed by atoms with Gasteiger partial charge in [-0.05, 0) is 30.5 Å². The van der Waals surface area contributed by atoms with Crippen LogP contribution in [0.5, 0.6) is 5.75 Å². The predicted octanol–water partition coefficient (Wildman–Crippen LogP) is 2.08. The fourth-order valence-electron chi connectivity index (χ4n) is 1.63. The molecule has 0 amide bonds. The van der Waals surface area contributed by atoms with Crippen LogP contribution in [0, 0.1) is 0 Å². The lowest BCUT2D eigenvalue weighted by Crippen LogP contribution is -2.18. The highest BCUT2D eigenvalue weighted by Gasteiger charge is 2.40. The van der Waals surface area contributed by atoms with Crippen molar-refractivity contribution in [2.75, 3.05) is 5.94 Å². The molecule has 0 radical (unpaired) electrons. The van der Waals surface area contributed by atoms with Crippen LogP contribution in [0.1, 0.15) is 18.4 Å². The standard InChI is InChI=1S/C10H11NOS/c11-10(3-4-10)7-1-2-9-8(5-7)12-6-13-9/h1-2,5H,3-4,6,11H2. The van der Waals surface area contributed by atoms with Gasteiger partial charge in [0.05, 0.1) is 4.90 Å². The molecule has 2 N–H and O–H groups in total. The third-order valence-electron chi connectivity index (χ3n) is 2.74. The predicted molar refractivity (Wildman–Crippen MR) is 52.9 cm³/mol. The van der Waals surface area contributed by atoms with Gasteiger partial charge in [-0.1, -0.05) is 17.8 Å². The van der Waals surface area contributed by atoms with E-state index < -0.39 is 0 Å². The van der Waals surface area contributed by atoms with Crippen molar-refractivity contribution in [2.45, 2.75) is 23.3 Å². The third-order valence-corrected chi connectivity index (χ3v) is 3.62. The molecule has 13 heavy (non-hydrogen) atoms. The van der Waals surface area contributed by atoms with Gasteiger partial charge in [0.1, 0.15) is 11.7 Å². The summed E-state index contributed by atoms with van der Waals surface area (Å²) >= 11 is 1.74. The van der Waals surface area contributed by atoms with Crippen LogP contribution in [-0.2, 0) is 5.54 Å². The summed E-state index contributed by atoms with van der Waals surface area (Å²) in [5.74, 6) is 1.76. The molecule has 0 atom stereocenters. The smallest absolute Gasteiger partial charge is 0.138 e. The van der Waals surface area contributed by atoms with Crippen LogP contribution in [-0.4, -0.2) is 5.94 Å². The minimum absolute atomic E-state index is 0.0361. The van der Waals surface area contributed by atoms with Crippen molar-refractivity contribution in [1.82, 2.24) is 0 Å². The largest absolute Gasteiger partial charge is 0.481 e. The third kappa shape index (κ3) is 1.15. The van der Waals surface area contributed by atoms with Gasteiger partial charge in [0, 0.05) is 5.54 Å². The summed E-state index contributed by atoms with van der Waals surface area (Å²) in [7, 11) is 0. The van der Waals surface area contributed by atoms with Crippen molar-refractivity contribution in [1.29, 1.82) is 0 Å². The van der Waals surface area contributed by atoms with E-state index in [0.717, 1.165) is 24.5 Å². The van der Waals surface area contributed by atoms with Crippen LogP contribution in [0.3, 0.4) is 0 Å². The second kappa shape index (κ2) is 2.42. The summed E-state index contributed by atoms with van der Waals surface area (Å²) in [5.41, 5.74) is 7.29. The van der Waals surface area contributed by atoms with E-state index in [-0.39, 0.29) is 5.54 Å². The molecule has 1 fully saturated rings. The fraction of sp³-hybridized carbons (Fsp3) is 0.400. The molecular weight excluding hydrogens is 182 g/mol. The first-order chi connectivity index (χ1) is 6.28. The van der Waals surface area contributed by atoms with Crippen molar-refractivity contribution in [2.24, 2.45) is 5.73 Å². The molecule has 3 rings (SSSR count). The highest BCUT2D eigenvalue weighted by atomic mass is 32.2. The maximum absolute atomic E-state index is 6.10. The average Bonchev–Trinajstić information content (AvgIpc) is 2.74. The van der Waals surface area contributed by atoms with Crippen molar-refractivity contribution in [3.8, 4) is 5.75 Å². The molecule has 2 aliphatic rings. The molecule has 2 nitrogen and oxygen atoms in total. The topological polar surface area (TPSA) is 35.2 Å². The van der Waals surface area contributed by atoms with Crippen LogP contribution in [0.15, 0.2) is 23.1 Å². The normalized spacial score (nSPS) is 22.2. The first kappa shape index (κ1) is 7.71. The van der Waals surface area contributed by atoms with Gasteiger partial charge in [-0.3, -0.25) is 0 Å². The minimum atomic E-state index is -0.0361. The fourth-order valence-corrected chi connectivity index (χ4v) is 2.37. The quantitative estimate of drug-likeness (QED) is 0.741. The SMILES string of the molecule is NC1(c2ccc3c(c2)OCS3)CC1. The number of rotatable bonds is 1. The Morgan fingerprint density at radius 3 is 3.00 bits per heavy atom. The van der Waals surface area contributed by atoms with Crippen LogP contribution in [0.25, 0.3) is 0 Å². The Morgan fingerprint density at radius 2 is 2.23 bits per heavy atom. The maximum Gasteiger partial charge on any atom is 0.138 e. The van der Waals surface area contributed by atoms with Gasteiger partial charge in [0.15, 0.2) is 0 Å². The van der Waals surface area contributed by atoms with Gasteiger partial charge in [0.25, 0.3) is 0 Å². The minimum Gasteiger partial charge on any atom is -0.481 e. The monoisotopic (exact) mass is 193 g/mol. The molecule has 0 spiro atoms. The van der Waals surface area contributed by atoms with Crippen molar-refractivity contribution >= 4 is 11.8 Å². The van der Waals surface area contributed by atoms with Crippen molar-refractivity contribution < 1.29 is 4.74 Å². The van der Waals surface area contributed by atoms with Crippen LogP contribution in [0.4, 0.5) is 0 Å². The van der Waals surface area contributed by atoms with E-state index in [1.165, 1.54) is 10.5 Å². The van der Waals surface area contributed by atoms with Gasteiger partial charge < -0.3 is 10.5 Å². The van der Waals surface area contributed by atoms with Crippen molar-refractivity contribution in [3.05, 3.63) is 23.8 Å². The number of hydrogen-bond donors (Lipinski definition) is 1. The highest BCUT2D eigenvalue weighted by Crippen LogP contribution is 2.46. The van der Waals surface area contributed by atoms with Crippen LogP contribution >= 0.6 is 11.8 Å². The molecule has 0 unspecified atom stereocenters. The van der Waals surface area contributed by atoms with Gasteiger partial charge >= 0.3 is 0 Å². The van der Waals surface area contributed by atoms with Gasteiger partial charge in [-0.2, -0.15) is 0 Å². The van der Waals surface area contributed by atoms with Gasteiger partial charge in [-0.25, -0.2) is 0 Å². The Labute approximate surface area is 81.5 Å². The molecular formula is C10H11NOS. The Balaban J connectivity index is 2.05. The molecule has 0 saturated heterocycles. The maximum atomic E-state index is 6.10. The molecule has 3 heteroatoms. The zero-order chi connectivity index (χ0) is 8.89. The summed E-state index contributed by atoms with van der Waals surface area (Å²) in [6, 6.07) is 6.35. The molecule has 1 aliphatic carbocycles. The van der Waals surface area contributed by atoms with Gasteiger partial charge in [0.2, 0.25) is 0 Å². The summed E-state index contributed by atoms with van der Waals surface area (Å²) < 4.78 is 5.47. The van der Waals surface area contributed by atoms with E-state index in [9.17, 15) is 0 Å². The van der Waals surface area contributed by atoms with E-state index in [1.54, 1.807) is 11.8 Å². The molecule has 1 saturated carbocycles. The Bertz CT molecular complexity index is 360. The molecule has 68 valence electrons. The second-order valence-corrected chi connectivity index (χ2v) is 4.69. The molecule has 1 heterocycles. The van der Waals surface area contributed by atoms with E-state index >= 15 is 0 Å². The zero-order valence-electron chi connectivity index (χ0n) is 7.25. The number of benzene rings is 1. The average molecular weight is 193 g/mol. The van der Waals surface area contributed by atoms with E-state index in [2.05, 4.69) is 18.2 Å². The Hall–Kier alpha value is -0.670. The summed E-state index contributed by atoms with van der Waals surface area (Å²) in [5, 5.41) is 0. The number of fused-ring (bicyclic) bond motifs is 1. The first-order valence-corrected chi connectivity index (χ1v) is 5.46. The summed E-state index contributed by atoms with van der Waals surface area (Å²) in [4.78, 5) is 1.24. The van der Waals surface area contributed by atoms with E-state index in [1.807, 2.05) is 0 Å². The first-order valence-electron chi connectivity index (χ1n) is 4.47.